The summed E-state index contributed by atoms with van der Waals surface area (Å²) in [5.74, 6) is 0.142. The summed E-state index contributed by atoms with van der Waals surface area (Å²) in [6.45, 7) is 3.91. The molecule has 3 unspecified atom stereocenters. The lowest BCUT2D eigenvalue weighted by molar-refractivity contribution is -0.123. The van der Waals surface area contributed by atoms with Gasteiger partial charge < -0.3 is 5.32 Å². The summed E-state index contributed by atoms with van der Waals surface area (Å²) in [6.07, 6.45) is 5.76. The fourth-order valence-electron chi connectivity index (χ4n) is 2.02. The summed E-state index contributed by atoms with van der Waals surface area (Å²) in [7, 11) is 0. The van der Waals surface area contributed by atoms with E-state index in [1.165, 1.54) is 19.3 Å². The highest BCUT2D eigenvalue weighted by Gasteiger charge is 2.20. The monoisotopic (exact) mass is 208 g/mol. The van der Waals surface area contributed by atoms with Gasteiger partial charge in [0.2, 0.25) is 5.91 Å². The van der Waals surface area contributed by atoms with E-state index in [0.29, 0.717) is 6.04 Å². The quantitative estimate of drug-likeness (QED) is 0.707. The van der Waals surface area contributed by atoms with E-state index in [1.807, 2.05) is 6.07 Å². The summed E-state index contributed by atoms with van der Waals surface area (Å²) < 4.78 is 0. The second kappa shape index (κ2) is 5.75. The summed E-state index contributed by atoms with van der Waals surface area (Å²) in [5.41, 5.74) is 0. The minimum absolute atomic E-state index is 0.114. The Morgan fingerprint density at radius 1 is 1.40 bits per heavy atom. The minimum Gasteiger partial charge on any atom is -0.352 e. The molecule has 84 valence electrons. The molecule has 0 aliphatic heterocycles. The van der Waals surface area contributed by atoms with Crippen LogP contribution in [0.2, 0.25) is 0 Å². The minimum atomic E-state index is -0.523. The normalized spacial score (nSPS) is 28.6. The van der Waals surface area contributed by atoms with Gasteiger partial charge in [-0.2, -0.15) is 5.26 Å². The molecule has 1 N–H and O–H groups in total. The Kier molecular flexibility index (Phi) is 4.61. The molecule has 0 saturated heterocycles. The van der Waals surface area contributed by atoms with Crippen LogP contribution in [0.5, 0.6) is 0 Å². The van der Waals surface area contributed by atoms with Crippen molar-refractivity contribution >= 4 is 5.91 Å². The lowest BCUT2D eigenvalue weighted by atomic mass is 10.0. The zero-order valence-corrected chi connectivity index (χ0v) is 9.62. The van der Waals surface area contributed by atoms with Crippen LogP contribution >= 0.6 is 0 Å². The molecular weight excluding hydrogens is 188 g/mol. The molecule has 0 radical (unpaired) electrons. The molecular formula is C12H20N2O. The Bertz CT molecular complexity index is 257. The molecule has 0 heterocycles. The zero-order valence-electron chi connectivity index (χ0n) is 9.62. The molecule has 15 heavy (non-hydrogen) atoms. The molecule has 0 bridgehead atoms. The van der Waals surface area contributed by atoms with E-state index < -0.39 is 5.92 Å². The molecule has 0 aromatic carbocycles. The topological polar surface area (TPSA) is 52.9 Å². The lowest BCUT2D eigenvalue weighted by Crippen LogP contribution is -2.37. The first-order valence-electron chi connectivity index (χ1n) is 5.83. The summed E-state index contributed by atoms with van der Waals surface area (Å²) in [5, 5.41) is 11.6. The van der Waals surface area contributed by atoms with Crippen molar-refractivity contribution < 1.29 is 4.79 Å². The van der Waals surface area contributed by atoms with Crippen molar-refractivity contribution in [3.8, 4) is 6.07 Å². The van der Waals surface area contributed by atoms with Gasteiger partial charge in [0, 0.05) is 6.04 Å². The molecule has 3 nitrogen and oxygen atoms in total. The number of hydrogen-bond donors (Lipinski definition) is 1. The lowest BCUT2D eigenvalue weighted by Gasteiger charge is -2.17. The second-order valence-electron chi connectivity index (χ2n) is 4.67. The van der Waals surface area contributed by atoms with E-state index in [2.05, 4.69) is 12.2 Å². The number of carbonyl (C=O) groups excluding carboxylic acids is 1. The summed E-state index contributed by atoms with van der Waals surface area (Å²) >= 11 is 0. The second-order valence-corrected chi connectivity index (χ2v) is 4.67. The molecule has 3 atom stereocenters. The first-order valence-corrected chi connectivity index (χ1v) is 5.83. The van der Waals surface area contributed by atoms with E-state index in [1.54, 1.807) is 6.92 Å². The molecule has 1 rings (SSSR count). The maximum Gasteiger partial charge on any atom is 0.237 e. The summed E-state index contributed by atoms with van der Waals surface area (Å²) in [6, 6.07) is 2.26. The number of rotatable bonds is 2. The number of nitrogens with one attached hydrogen (secondary N) is 1. The third-order valence-corrected chi connectivity index (χ3v) is 3.19. The van der Waals surface area contributed by atoms with Crippen LogP contribution < -0.4 is 5.32 Å². The fourth-order valence-corrected chi connectivity index (χ4v) is 2.02. The van der Waals surface area contributed by atoms with Gasteiger partial charge >= 0.3 is 0 Å². The molecule has 0 aromatic heterocycles. The van der Waals surface area contributed by atoms with Gasteiger partial charge in [-0.15, -0.1) is 0 Å². The van der Waals surface area contributed by atoms with Gasteiger partial charge in [-0.1, -0.05) is 19.8 Å². The van der Waals surface area contributed by atoms with Gasteiger partial charge in [0.15, 0.2) is 0 Å². The standard InChI is InChI=1S/C12H20N2O/c1-9-4-3-5-11(7-6-9)14-12(15)10(2)8-13/h9-11H,3-7H2,1-2H3,(H,14,15). The van der Waals surface area contributed by atoms with E-state index in [-0.39, 0.29) is 5.91 Å². The van der Waals surface area contributed by atoms with Crippen molar-refractivity contribution in [2.45, 2.75) is 52.0 Å². The Balaban J connectivity index is 2.38. The first-order chi connectivity index (χ1) is 7.13. The van der Waals surface area contributed by atoms with Crippen LogP contribution in [0.4, 0.5) is 0 Å². The van der Waals surface area contributed by atoms with Crippen LogP contribution in [0.25, 0.3) is 0 Å². The SMILES string of the molecule is CC1CCCC(NC(=O)C(C)C#N)CC1. The van der Waals surface area contributed by atoms with E-state index in [9.17, 15) is 4.79 Å². The number of nitriles is 1. The molecule has 3 heteroatoms. The largest absolute Gasteiger partial charge is 0.352 e. The Hall–Kier alpha value is -1.04. The Morgan fingerprint density at radius 3 is 2.80 bits per heavy atom. The molecule has 1 fully saturated rings. The van der Waals surface area contributed by atoms with Crippen LogP contribution in [0.15, 0.2) is 0 Å². The van der Waals surface area contributed by atoms with Crippen LogP contribution in [-0.4, -0.2) is 11.9 Å². The molecule has 1 amide bonds. The van der Waals surface area contributed by atoms with E-state index in [0.717, 1.165) is 18.8 Å². The van der Waals surface area contributed by atoms with Crippen LogP contribution in [0.1, 0.15) is 46.0 Å². The average Bonchev–Trinajstić information content (AvgIpc) is 2.42. The van der Waals surface area contributed by atoms with Gasteiger partial charge in [0.05, 0.1) is 6.07 Å². The van der Waals surface area contributed by atoms with E-state index >= 15 is 0 Å². The molecule has 0 aromatic rings. The molecule has 1 saturated carbocycles. The number of nitrogens with zero attached hydrogens (tertiary/aromatic N) is 1. The third kappa shape index (κ3) is 3.91. The van der Waals surface area contributed by atoms with Crippen molar-refractivity contribution in [3.63, 3.8) is 0 Å². The summed E-state index contributed by atoms with van der Waals surface area (Å²) in [4.78, 5) is 11.5. The van der Waals surface area contributed by atoms with Crippen LogP contribution in [0, 0.1) is 23.2 Å². The highest BCUT2D eigenvalue weighted by atomic mass is 16.1. The maximum absolute atomic E-state index is 11.5. The number of carbonyl (C=O) groups is 1. The van der Waals surface area contributed by atoms with Gasteiger partial charge in [0.1, 0.15) is 5.92 Å². The van der Waals surface area contributed by atoms with E-state index in [4.69, 9.17) is 5.26 Å². The highest BCUT2D eigenvalue weighted by Crippen LogP contribution is 2.22. The van der Waals surface area contributed by atoms with Crippen LogP contribution in [-0.2, 0) is 4.79 Å². The fraction of sp³-hybridized carbons (Fsp3) is 0.833. The highest BCUT2D eigenvalue weighted by molar-refractivity contribution is 5.80. The Labute approximate surface area is 91.9 Å². The maximum atomic E-state index is 11.5. The predicted octanol–water partition coefficient (Wildman–Crippen LogP) is 2.23. The average molecular weight is 208 g/mol. The van der Waals surface area contributed by atoms with Crippen molar-refractivity contribution in [2.75, 3.05) is 0 Å². The van der Waals surface area contributed by atoms with Crippen molar-refractivity contribution in [1.82, 2.24) is 5.32 Å². The molecule has 1 aliphatic rings. The number of hydrogen-bond acceptors (Lipinski definition) is 2. The molecule has 1 aliphatic carbocycles. The van der Waals surface area contributed by atoms with Gasteiger partial charge in [-0.3, -0.25) is 4.79 Å². The van der Waals surface area contributed by atoms with Gasteiger partial charge in [0.25, 0.3) is 0 Å². The first kappa shape index (κ1) is 12.0. The zero-order chi connectivity index (χ0) is 11.3. The van der Waals surface area contributed by atoms with Crippen molar-refractivity contribution in [1.29, 1.82) is 5.26 Å². The van der Waals surface area contributed by atoms with Crippen molar-refractivity contribution in [2.24, 2.45) is 11.8 Å². The third-order valence-electron chi connectivity index (χ3n) is 3.19. The van der Waals surface area contributed by atoms with Crippen molar-refractivity contribution in [3.05, 3.63) is 0 Å². The smallest absolute Gasteiger partial charge is 0.237 e. The van der Waals surface area contributed by atoms with Gasteiger partial charge in [-0.05, 0) is 32.1 Å². The molecule has 0 spiro atoms. The van der Waals surface area contributed by atoms with Crippen LogP contribution in [0.3, 0.4) is 0 Å². The Morgan fingerprint density at radius 2 is 2.13 bits per heavy atom. The van der Waals surface area contributed by atoms with Gasteiger partial charge in [-0.25, -0.2) is 0 Å². The number of amides is 1. The predicted molar refractivity (Wildman–Crippen MR) is 59.0 cm³/mol.